The van der Waals surface area contributed by atoms with E-state index < -0.39 is 0 Å². The first-order chi connectivity index (χ1) is 3.39. The minimum absolute atomic E-state index is 0. The van der Waals surface area contributed by atoms with Gasteiger partial charge in [-0.25, -0.2) is 0 Å². The Bertz CT molecular complexity index is 142. The molecule has 0 amide bonds. The van der Waals surface area contributed by atoms with Gasteiger partial charge in [-0.05, 0) is 12.2 Å². The van der Waals surface area contributed by atoms with Crippen LogP contribution in [0.4, 0.5) is 0 Å². The van der Waals surface area contributed by atoms with Crippen molar-refractivity contribution in [3.8, 4) is 0 Å². The van der Waals surface area contributed by atoms with Gasteiger partial charge in [0.15, 0.2) is 5.78 Å². The molecule has 3 nitrogen and oxygen atoms in total. The summed E-state index contributed by atoms with van der Waals surface area (Å²) in [5.41, 5.74) is 0. The Labute approximate surface area is 64.3 Å². The summed E-state index contributed by atoms with van der Waals surface area (Å²) in [5, 5.41) is 0. The molecule has 55 valence electrons. The van der Waals surface area contributed by atoms with Gasteiger partial charge in [-0.3, -0.25) is 9.79 Å². The van der Waals surface area contributed by atoms with E-state index in [2.05, 4.69) is 4.99 Å². The van der Waals surface area contributed by atoms with Gasteiger partial charge in [0.25, 0.3) is 0 Å². The van der Waals surface area contributed by atoms with E-state index in [-0.39, 0.29) is 29.0 Å². The summed E-state index contributed by atoms with van der Waals surface area (Å²) in [5.74, 6) is 0.0856. The molecule has 1 rings (SSSR count). The zero-order valence-corrected chi connectivity index (χ0v) is 5.74. The van der Waals surface area contributed by atoms with E-state index in [0.717, 1.165) is 0 Å². The molecule has 0 fully saturated rings. The minimum Gasteiger partial charge on any atom is -0.344 e. The summed E-state index contributed by atoms with van der Waals surface area (Å²) in [6.45, 7) is 0.330. The molecule has 1 aliphatic rings. The Balaban J connectivity index is 0. The Hall–Kier alpha value is -0.441. The van der Waals surface area contributed by atoms with Crippen molar-refractivity contribution in [2.24, 2.45) is 4.99 Å². The summed E-state index contributed by atoms with van der Waals surface area (Å²) in [7, 11) is 0. The van der Waals surface area contributed by atoms with Crippen molar-refractivity contribution in [3.05, 3.63) is 12.2 Å². The third-order valence-corrected chi connectivity index (χ3v) is 0.721. The van der Waals surface area contributed by atoms with E-state index in [1.807, 2.05) is 0 Å². The Morgan fingerprint density at radius 2 is 2.22 bits per heavy atom. The number of hydrogen-bond donors (Lipinski definition) is 1. The molecular weight excluding hydrogens is 168 g/mol. The monoisotopic (exact) mass is 175 g/mol. The fourth-order valence-corrected chi connectivity index (χ4v) is 0.407. The maximum atomic E-state index is 10.3. The van der Waals surface area contributed by atoms with Crippen molar-refractivity contribution in [1.82, 2.24) is 6.15 Å². The Morgan fingerprint density at radius 1 is 1.56 bits per heavy atom. The van der Waals surface area contributed by atoms with Crippen LogP contribution in [-0.2, 0) is 21.9 Å². The largest absolute Gasteiger partial charge is 0.344 e. The van der Waals surface area contributed by atoms with Gasteiger partial charge in [-0.2, -0.15) is 0 Å². The minimum atomic E-state index is 0. The molecule has 0 atom stereocenters. The van der Waals surface area contributed by atoms with Gasteiger partial charge in [0.05, 0.1) is 0 Å². The second kappa shape index (κ2) is 5.69. The SMILES string of the molecule is N.O=C1C=CC=NC1.[Cu]. The summed E-state index contributed by atoms with van der Waals surface area (Å²) < 4.78 is 0. The van der Waals surface area contributed by atoms with Crippen LogP contribution in [0.1, 0.15) is 0 Å². The number of nitrogens with zero attached hydrogens (tertiary/aromatic N) is 1. The smallest absolute Gasteiger partial charge is 0.177 e. The number of hydrogen-bond acceptors (Lipinski definition) is 3. The quantitative estimate of drug-likeness (QED) is 0.541. The normalized spacial score (nSPS) is 14.0. The molecule has 0 unspecified atom stereocenters. The fourth-order valence-electron chi connectivity index (χ4n) is 0.407. The first kappa shape index (κ1) is 11.4. The van der Waals surface area contributed by atoms with Crippen molar-refractivity contribution in [3.63, 3.8) is 0 Å². The summed E-state index contributed by atoms with van der Waals surface area (Å²) >= 11 is 0. The molecule has 4 heteroatoms. The van der Waals surface area contributed by atoms with Gasteiger partial charge in [0, 0.05) is 23.3 Å². The average molecular weight is 176 g/mol. The molecule has 9 heavy (non-hydrogen) atoms. The average Bonchev–Trinajstić information content (AvgIpc) is 1.69. The van der Waals surface area contributed by atoms with Crippen molar-refractivity contribution in [2.75, 3.05) is 6.54 Å². The van der Waals surface area contributed by atoms with Crippen LogP contribution >= 0.6 is 0 Å². The van der Waals surface area contributed by atoms with Crippen molar-refractivity contribution >= 4 is 12.0 Å². The Morgan fingerprint density at radius 3 is 2.44 bits per heavy atom. The van der Waals surface area contributed by atoms with Gasteiger partial charge in [-0.1, -0.05) is 0 Å². The van der Waals surface area contributed by atoms with Crippen molar-refractivity contribution < 1.29 is 21.9 Å². The first-order valence-corrected chi connectivity index (χ1v) is 2.09. The van der Waals surface area contributed by atoms with Crippen LogP contribution in [-0.4, -0.2) is 18.5 Å². The molecule has 0 aromatic heterocycles. The second-order valence-corrected chi connectivity index (χ2v) is 1.32. The molecule has 3 N–H and O–H groups in total. The third kappa shape index (κ3) is 4.09. The molecule has 0 bridgehead atoms. The van der Waals surface area contributed by atoms with Crippen LogP contribution in [0.3, 0.4) is 0 Å². The molecule has 0 saturated heterocycles. The zero-order valence-electron chi connectivity index (χ0n) is 4.80. The molecule has 0 aliphatic carbocycles. The summed E-state index contributed by atoms with van der Waals surface area (Å²) in [6.07, 6.45) is 4.79. The van der Waals surface area contributed by atoms with E-state index >= 15 is 0 Å². The zero-order chi connectivity index (χ0) is 5.11. The van der Waals surface area contributed by atoms with E-state index in [0.29, 0.717) is 6.54 Å². The molecule has 0 aromatic rings. The maximum Gasteiger partial charge on any atom is 0.177 e. The number of rotatable bonds is 0. The van der Waals surface area contributed by atoms with E-state index in [9.17, 15) is 4.79 Å². The predicted molar refractivity (Wildman–Crippen MR) is 32.5 cm³/mol. The summed E-state index contributed by atoms with van der Waals surface area (Å²) in [4.78, 5) is 14.0. The van der Waals surface area contributed by atoms with Gasteiger partial charge >= 0.3 is 0 Å². The molecule has 0 spiro atoms. The van der Waals surface area contributed by atoms with Crippen LogP contribution in [0.2, 0.25) is 0 Å². The van der Waals surface area contributed by atoms with E-state index in [4.69, 9.17) is 0 Å². The van der Waals surface area contributed by atoms with Gasteiger partial charge in [0.1, 0.15) is 6.54 Å². The molecule has 0 aromatic carbocycles. The van der Waals surface area contributed by atoms with Gasteiger partial charge in [-0.15, -0.1) is 0 Å². The number of dihydropyridines is 1. The van der Waals surface area contributed by atoms with Crippen LogP contribution in [0.5, 0.6) is 0 Å². The molecule has 1 aliphatic heterocycles. The fraction of sp³-hybridized carbons (Fsp3) is 0.200. The number of aliphatic imine (C=N–C) groups is 1. The summed E-state index contributed by atoms with van der Waals surface area (Å²) in [6, 6.07) is 0. The standard InChI is InChI=1S/C5H5NO.Cu.H3N/c7-5-2-1-3-6-4-5;;/h1-3H,4H2;;1H3. The molecule has 1 radical (unpaired) electrons. The number of ketones is 1. The maximum absolute atomic E-state index is 10.3. The van der Waals surface area contributed by atoms with Crippen LogP contribution in [0.25, 0.3) is 0 Å². The van der Waals surface area contributed by atoms with Crippen LogP contribution in [0.15, 0.2) is 17.1 Å². The van der Waals surface area contributed by atoms with Crippen LogP contribution < -0.4 is 6.15 Å². The van der Waals surface area contributed by atoms with E-state index in [1.54, 1.807) is 12.3 Å². The number of allylic oxidation sites excluding steroid dienone is 1. The van der Waals surface area contributed by atoms with Gasteiger partial charge in [0.2, 0.25) is 0 Å². The first-order valence-electron chi connectivity index (χ1n) is 2.09. The topological polar surface area (TPSA) is 64.4 Å². The predicted octanol–water partition coefficient (Wildman–Crippen LogP) is 0.356. The number of carbonyl (C=O) groups excluding carboxylic acids is 1. The number of carbonyl (C=O) groups is 1. The second-order valence-electron chi connectivity index (χ2n) is 1.32. The molecule has 0 saturated carbocycles. The van der Waals surface area contributed by atoms with Crippen molar-refractivity contribution in [2.45, 2.75) is 0 Å². The molecule has 1 heterocycles. The van der Waals surface area contributed by atoms with Crippen molar-refractivity contribution in [1.29, 1.82) is 0 Å². The Kier molecular flexibility index (Phi) is 7.19. The van der Waals surface area contributed by atoms with E-state index in [1.165, 1.54) is 6.08 Å². The van der Waals surface area contributed by atoms with Gasteiger partial charge < -0.3 is 6.15 Å². The third-order valence-electron chi connectivity index (χ3n) is 0.721. The van der Waals surface area contributed by atoms with Crippen LogP contribution in [0, 0.1) is 0 Å². The molecular formula is C5H8CuN2O.